The minimum atomic E-state index is -0.967. The Balaban J connectivity index is 0.000000291. The van der Waals surface area contributed by atoms with E-state index in [1.807, 2.05) is 24.3 Å². The van der Waals surface area contributed by atoms with Gasteiger partial charge >= 0.3 is 18.0 Å². The fourth-order valence-electron chi connectivity index (χ4n) is 3.56. The molecule has 4 rings (SSSR count). The number of hydrogen-bond acceptors (Lipinski definition) is 9. The maximum absolute atomic E-state index is 12.8. The molecular formula is C36H33BrF2N2O9. The maximum atomic E-state index is 12.8. The molecule has 0 aliphatic rings. The number of ketones is 3. The first-order chi connectivity index (χ1) is 24.0. The zero-order valence-electron chi connectivity index (χ0n) is 26.5. The number of alkyl carbamates (subject to hydrolysis) is 1. The summed E-state index contributed by atoms with van der Waals surface area (Å²) in [4.78, 5) is 67.2. The summed E-state index contributed by atoms with van der Waals surface area (Å²) >= 11 is 3.03. The summed E-state index contributed by atoms with van der Waals surface area (Å²) in [6.45, 7) is -0.991. The summed E-state index contributed by atoms with van der Waals surface area (Å²) in [5.74, 6) is -3.15. The first-order valence-corrected chi connectivity index (χ1v) is 15.8. The van der Waals surface area contributed by atoms with Crippen LogP contribution in [0.3, 0.4) is 0 Å². The second-order valence-electron chi connectivity index (χ2n) is 9.86. The Morgan fingerprint density at radius 1 is 0.600 bits per heavy atom. The molecule has 4 aromatic rings. The number of esters is 1. The van der Waals surface area contributed by atoms with Gasteiger partial charge in [0.1, 0.15) is 24.8 Å². The maximum Gasteiger partial charge on any atom is 0.407 e. The van der Waals surface area contributed by atoms with E-state index in [4.69, 9.17) is 14.6 Å². The number of Topliss-reactive ketones (excluding diaryl/α,β-unsaturated/α-hetero) is 3. The summed E-state index contributed by atoms with van der Waals surface area (Å²) in [7, 11) is 0. The normalized spacial score (nSPS) is 9.82. The molecule has 50 heavy (non-hydrogen) atoms. The Morgan fingerprint density at radius 3 is 1.62 bits per heavy atom. The van der Waals surface area contributed by atoms with Crippen molar-refractivity contribution in [3.05, 3.63) is 143 Å². The standard InChI is InChI=1S/C18H16FNO5.C10H11NO3.C8H6BrFO/c19-15-8-6-14(7-9-15)16(21)12-24-17(22)10-20-18(23)25-11-13-4-2-1-3-5-13;12-9(6-11-7-10(13)14)8-4-2-1-3-5-8;9-5-8(11)6-1-3-7(10)4-2-6/h1-9H,10-12H2,(H,20,23);1-5,11H,6-7H2,(H,13,14);1-4H,5H2. The number of amides is 1. The number of ether oxygens (including phenoxy) is 2. The van der Waals surface area contributed by atoms with Crippen molar-refractivity contribution >= 4 is 51.3 Å². The zero-order chi connectivity index (χ0) is 36.7. The molecule has 0 aliphatic carbocycles. The van der Waals surface area contributed by atoms with Gasteiger partial charge in [-0.15, -0.1) is 0 Å². The number of rotatable bonds is 14. The van der Waals surface area contributed by atoms with Crippen LogP contribution >= 0.6 is 15.9 Å². The van der Waals surface area contributed by atoms with Crippen molar-refractivity contribution in [3.63, 3.8) is 0 Å². The third-order valence-electron chi connectivity index (χ3n) is 6.07. The predicted octanol–water partition coefficient (Wildman–Crippen LogP) is 5.42. The summed E-state index contributed by atoms with van der Waals surface area (Å²) in [6.07, 6.45) is -0.773. The lowest BCUT2D eigenvalue weighted by atomic mass is 10.1. The Hall–Kier alpha value is -5.60. The molecule has 0 aliphatic heterocycles. The van der Waals surface area contributed by atoms with E-state index >= 15 is 0 Å². The number of alkyl halides is 1. The highest BCUT2D eigenvalue weighted by atomic mass is 79.9. The van der Waals surface area contributed by atoms with Crippen LogP contribution in [0.5, 0.6) is 0 Å². The lowest BCUT2D eigenvalue weighted by Gasteiger charge is -2.07. The van der Waals surface area contributed by atoms with Crippen molar-refractivity contribution in [1.29, 1.82) is 0 Å². The number of carboxylic acid groups (broad SMARTS) is 1. The smallest absolute Gasteiger partial charge is 0.407 e. The van der Waals surface area contributed by atoms with Gasteiger partial charge in [-0.05, 0) is 54.1 Å². The van der Waals surface area contributed by atoms with Gasteiger partial charge in [-0.2, -0.15) is 0 Å². The molecule has 0 saturated heterocycles. The molecule has 0 radical (unpaired) electrons. The van der Waals surface area contributed by atoms with Crippen molar-refractivity contribution in [2.45, 2.75) is 6.61 Å². The number of benzene rings is 4. The molecule has 4 aromatic carbocycles. The van der Waals surface area contributed by atoms with Crippen LogP contribution in [0.15, 0.2) is 109 Å². The van der Waals surface area contributed by atoms with Crippen LogP contribution in [-0.2, 0) is 25.7 Å². The van der Waals surface area contributed by atoms with E-state index in [1.54, 1.807) is 36.4 Å². The van der Waals surface area contributed by atoms with Crippen LogP contribution in [0.2, 0.25) is 0 Å². The van der Waals surface area contributed by atoms with Crippen LogP contribution in [0.1, 0.15) is 36.6 Å². The number of carbonyl (C=O) groups excluding carboxylic acids is 5. The molecule has 0 unspecified atom stereocenters. The molecule has 0 saturated carbocycles. The van der Waals surface area contributed by atoms with Crippen LogP contribution in [0.25, 0.3) is 0 Å². The van der Waals surface area contributed by atoms with E-state index in [-0.39, 0.29) is 48.0 Å². The largest absolute Gasteiger partial charge is 0.480 e. The van der Waals surface area contributed by atoms with Crippen molar-refractivity contribution in [2.24, 2.45) is 0 Å². The molecule has 0 aromatic heterocycles. The molecule has 0 heterocycles. The molecule has 1 amide bonds. The number of carbonyl (C=O) groups is 6. The van der Waals surface area contributed by atoms with Crippen molar-refractivity contribution in [2.75, 3.05) is 31.6 Å². The minimum absolute atomic E-state index is 0.0370. The van der Waals surface area contributed by atoms with E-state index in [1.165, 1.54) is 36.4 Å². The highest BCUT2D eigenvalue weighted by molar-refractivity contribution is 9.09. The molecular weight excluding hydrogens is 722 g/mol. The van der Waals surface area contributed by atoms with Crippen molar-refractivity contribution in [3.8, 4) is 0 Å². The Kier molecular flexibility index (Phi) is 18.6. The molecule has 262 valence electrons. The lowest BCUT2D eigenvalue weighted by molar-refractivity contribution is -0.141. The van der Waals surface area contributed by atoms with Crippen LogP contribution in [0.4, 0.5) is 13.6 Å². The molecule has 0 fully saturated rings. The van der Waals surface area contributed by atoms with Gasteiger partial charge in [0.15, 0.2) is 24.0 Å². The van der Waals surface area contributed by atoms with Crippen LogP contribution in [0, 0.1) is 11.6 Å². The summed E-state index contributed by atoms with van der Waals surface area (Å²) in [6, 6.07) is 28.2. The lowest BCUT2D eigenvalue weighted by Crippen LogP contribution is -2.31. The van der Waals surface area contributed by atoms with E-state index < -0.39 is 42.8 Å². The summed E-state index contributed by atoms with van der Waals surface area (Å²) in [5, 5.41) is 13.4. The molecule has 0 atom stereocenters. The molecule has 0 spiro atoms. The topological polar surface area (TPSA) is 165 Å². The molecule has 11 nitrogen and oxygen atoms in total. The van der Waals surface area contributed by atoms with Gasteiger partial charge in [-0.25, -0.2) is 13.6 Å². The fraction of sp³-hybridized carbons (Fsp3) is 0.167. The van der Waals surface area contributed by atoms with Gasteiger partial charge in [-0.1, -0.05) is 76.6 Å². The second-order valence-corrected chi connectivity index (χ2v) is 10.4. The van der Waals surface area contributed by atoms with E-state index in [9.17, 15) is 37.5 Å². The van der Waals surface area contributed by atoms with E-state index in [0.717, 1.165) is 17.7 Å². The zero-order valence-corrected chi connectivity index (χ0v) is 28.1. The number of carboxylic acids is 1. The van der Waals surface area contributed by atoms with Gasteiger partial charge in [0, 0.05) is 16.7 Å². The summed E-state index contributed by atoms with van der Waals surface area (Å²) in [5.41, 5.74) is 2.16. The first kappa shape index (κ1) is 40.6. The predicted molar refractivity (Wildman–Crippen MR) is 182 cm³/mol. The second kappa shape index (κ2) is 22.9. The highest BCUT2D eigenvalue weighted by Crippen LogP contribution is 2.06. The van der Waals surface area contributed by atoms with Gasteiger partial charge in [0.25, 0.3) is 0 Å². The van der Waals surface area contributed by atoms with Gasteiger partial charge in [0.2, 0.25) is 0 Å². The van der Waals surface area contributed by atoms with Gasteiger partial charge in [0.05, 0.1) is 18.4 Å². The van der Waals surface area contributed by atoms with Gasteiger partial charge in [-0.3, -0.25) is 29.3 Å². The van der Waals surface area contributed by atoms with E-state index in [2.05, 4.69) is 26.6 Å². The molecule has 14 heteroatoms. The van der Waals surface area contributed by atoms with E-state index in [0.29, 0.717) is 11.1 Å². The third kappa shape index (κ3) is 17.0. The number of hydrogen-bond donors (Lipinski definition) is 3. The Morgan fingerprint density at radius 2 is 1.10 bits per heavy atom. The number of halogens is 3. The number of aliphatic carboxylic acids is 1. The van der Waals surface area contributed by atoms with Crippen LogP contribution in [-0.4, -0.2) is 72.1 Å². The van der Waals surface area contributed by atoms with Gasteiger partial charge < -0.3 is 19.9 Å². The van der Waals surface area contributed by atoms with Crippen molar-refractivity contribution < 1.29 is 52.1 Å². The Bertz CT molecular complexity index is 1690. The average Bonchev–Trinajstić information content (AvgIpc) is 3.13. The Labute approximate surface area is 294 Å². The fourth-order valence-corrected chi connectivity index (χ4v) is 3.88. The number of nitrogens with one attached hydrogen (secondary N) is 2. The quantitative estimate of drug-likeness (QED) is 0.0860. The summed E-state index contributed by atoms with van der Waals surface area (Å²) < 4.78 is 34.8. The third-order valence-corrected chi connectivity index (χ3v) is 6.57. The minimum Gasteiger partial charge on any atom is -0.480 e. The SMILES string of the molecule is O=C(CBr)c1ccc(F)cc1.O=C(CNC(=O)OCc1ccccc1)OCC(=O)c1ccc(F)cc1.O=C(O)CNCC(=O)c1ccccc1. The average molecular weight is 756 g/mol. The highest BCUT2D eigenvalue weighted by Gasteiger charge is 2.12. The first-order valence-electron chi connectivity index (χ1n) is 14.7. The molecule has 3 N–H and O–H groups in total. The monoisotopic (exact) mass is 754 g/mol. The van der Waals surface area contributed by atoms with Crippen molar-refractivity contribution in [1.82, 2.24) is 10.6 Å². The molecule has 0 bridgehead atoms. The van der Waals surface area contributed by atoms with Crippen LogP contribution < -0.4 is 10.6 Å².